The normalized spacial score (nSPS) is 16.8. The largest absolute Gasteiger partial charge is 0.323 e. The lowest BCUT2D eigenvalue weighted by atomic mass is 10.1. The molecule has 0 saturated heterocycles. The van der Waals surface area contributed by atoms with Crippen molar-refractivity contribution in [1.29, 1.82) is 0 Å². The Morgan fingerprint density at radius 3 is 2.77 bits per heavy atom. The van der Waals surface area contributed by atoms with Gasteiger partial charge in [0.2, 0.25) is 5.95 Å². The summed E-state index contributed by atoms with van der Waals surface area (Å²) in [6, 6.07) is 10.3. The molecular formula is C15H12BrN5S. The molecule has 110 valence electrons. The van der Waals surface area contributed by atoms with E-state index in [9.17, 15) is 0 Å². The second-order valence-electron chi connectivity index (χ2n) is 5.07. The second-order valence-corrected chi connectivity index (χ2v) is 6.94. The molecule has 1 atom stereocenters. The van der Waals surface area contributed by atoms with Crippen LogP contribution in [0.15, 0.2) is 46.3 Å². The third kappa shape index (κ3) is 2.26. The molecule has 7 heteroatoms. The molecule has 22 heavy (non-hydrogen) atoms. The van der Waals surface area contributed by atoms with Gasteiger partial charge in [-0.3, -0.25) is 0 Å². The summed E-state index contributed by atoms with van der Waals surface area (Å²) < 4.78 is 2.88. The van der Waals surface area contributed by atoms with Crippen LogP contribution in [0.5, 0.6) is 0 Å². The molecule has 2 aromatic heterocycles. The fourth-order valence-corrected chi connectivity index (χ4v) is 3.77. The summed E-state index contributed by atoms with van der Waals surface area (Å²) in [4.78, 5) is 1.25. The first-order valence-corrected chi connectivity index (χ1v) is 8.46. The molecule has 4 rings (SSSR count). The quantitative estimate of drug-likeness (QED) is 0.740. The summed E-state index contributed by atoms with van der Waals surface area (Å²) >= 11 is 5.19. The number of hydrogen-bond donors (Lipinski definition) is 1. The van der Waals surface area contributed by atoms with Crippen molar-refractivity contribution in [2.75, 3.05) is 5.32 Å². The van der Waals surface area contributed by atoms with Crippen LogP contribution in [0, 0.1) is 6.92 Å². The van der Waals surface area contributed by atoms with Gasteiger partial charge in [0.1, 0.15) is 6.04 Å². The van der Waals surface area contributed by atoms with E-state index < -0.39 is 0 Å². The van der Waals surface area contributed by atoms with Crippen molar-refractivity contribution in [2.45, 2.75) is 13.0 Å². The summed E-state index contributed by atoms with van der Waals surface area (Å²) in [6.07, 6.45) is 2.17. The van der Waals surface area contributed by atoms with Gasteiger partial charge in [-0.25, -0.2) is 0 Å². The van der Waals surface area contributed by atoms with Gasteiger partial charge in [0, 0.05) is 15.0 Å². The highest BCUT2D eigenvalue weighted by Gasteiger charge is 2.26. The van der Waals surface area contributed by atoms with Gasteiger partial charge in [0.15, 0.2) is 0 Å². The number of anilines is 1. The fraction of sp³-hybridized carbons (Fsp3) is 0.133. The van der Waals surface area contributed by atoms with Crippen molar-refractivity contribution in [2.24, 2.45) is 0 Å². The van der Waals surface area contributed by atoms with Gasteiger partial charge in [-0.1, -0.05) is 33.2 Å². The maximum Gasteiger partial charge on any atom is 0.248 e. The molecule has 0 radical (unpaired) electrons. The van der Waals surface area contributed by atoms with Gasteiger partial charge in [-0.2, -0.15) is 4.68 Å². The van der Waals surface area contributed by atoms with E-state index in [0.29, 0.717) is 5.95 Å². The van der Waals surface area contributed by atoms with E-state index in [1.807, 2.05) is 16.8 Å². The Balaban J connectivity index is 1.82. The van der Waals surface area contributed by atoms with E-state index in [1.165, 1.54) is 10.4 Å². The van der Waals surface area contributed by atoms with Crippen LogP contribution in [-0.4, -0.2) is 20.2 Å². The van der Waals surface area contributed by atoms with Crippen molar-refractivity contribution in [3.8, 4) is 0 Å². The smallest absolute Gasteiger partial charge is 0.248 e. The van der Waals surface area contributed by atoms with E-state index in [4.69, 9.17) is 0 Å². The Hall–Kier alpha value is -1.99. The number of aromatic nitrogens is 4. The van der Waals surface area contributed by atoms with Gasteiger partial charge < -0.3 is 5.32 Å². The first kappa shape index (κ1) is 13.7. The van der Waals surface area contributed by atoms with Crippen LogP contribution >= 0.6 is 27.3 Å². The molecular weight excluding hydrogens is 362 g/mol. The molecule has 0 aliphatic carbocycles. The number of rotatable bonds is 2. The van der Waals surface area contributed by atoms with Crippen molar-refractivity contribution in [1.82, 2.24) is 20.2 Å². The first-order chi connectivity index (χ1) is 10.7. The molecule has 1 unspecified atom stereocenters. The van der Waals surface area contributed by atoms with E-state index in [2.05, 4.69) is 73.4 Å². The van der Waals surface area contributed by atoms with Gasteiger partial charge >= 0.3 is 0 Å². The maximum absolute atomic E-state index is 4.13. The number of nitrogens with one attached hydrogen (secondary N) is 1. The number of fused-ring (bicyclic) bond motifs is 1. The average molecular weight is 374 g/mol. The van der Waals surface area contributed by atoms with Crippen molar-refractivity contribution in [3.05, 3.63) is 62.3 Å². The third-order valence-corrected chi connectivity index (χ3v) is 5.27. The Kier molecular flexibility index (Phi) is 3.31. The van der Waals surface area contributed by atoms with Crippen LogP contribution in [0.4, 0.5) is 5.95 Å². The van der Waals surface area contributed by atoms with E-state index >= 15 is 0 Å². The molecule has 0 spiro atoms. The van der Waals surface area contributed by atoms with Crippen LogP contribution in [0.1, 0.15) is 22.0 Å². The molecule has 1 aliphatic heterocycles. The molecule has 3 aromatic rings. The minimum absolute atomic E-state index is 0.0184. The van der Waals surface area contributed by atoms with Crippen LogP contribution in [0.2, 0.25) is 0 Å². The molecule has 0 saturated carbocycles. The molecule has 0 amide bonds. The van der Waals surface area contributed by atoms with Crippen LogP contribution in [0.3, 0.4) is 0 Å². The van der Waals surface area contributed by atoms with Gasteiger partial charge in [0.05, 0.1) is 0 Å². The summed E-state index contributed by atoms with van der Waals surface area (Å²) in [5, 5.41) is 17.4. The number of aryl methyl sites for hydroxylation is 1. The van der Waals surface area contributed by atoms with Crippen molar-refractivity contribution in [3.63, 3.8) is 0 Å². The van der Waals surface area contributed by atoms with E-state index in [-0.39, 0.29) is 6.04 Å². The van der Waals surface area contributed by atoms with Crippen molar-refractivity contribution >= 4 is 38.9 Å². The van der Waals surface area contributed by atoms with E-state index in [1.54, 1.807) is 11.3 Å². The number of tetrazole rings is 1. The highest BCUT2D eigenvalue weighted by molar-refractivity contribution is 9.10. The monoisotopic (exact) mass is 373 g/mol. The van der Waals surface area contributed by atoms with E-state index in [0.717, 1.165) is 15.7 Å². The van der Waals surface area contributed by atoms with Crippen LogP contribution in [-0.2, 0) is 0 Å². The standard InChI is InChI=1S/C15H12BrN5S/c1-9-6-7-22-14(9)13-8-12(10-2-4-11(16)5-3-10)17-15-18-19-20-21(13)15/h2-8,13H,1H3,(H,17,18,20). The van der Waals surface area contributed by atoms with Gasteiger partial charge in [0.25, 0.3) is 0 Å². The molecule has 1 N–H and O–H groups in total. The lowest BCUT2D eigenvalue weighted by molar-refractivity contribution is 0.591. The Morgan fingerprint density at radius 2 is 2.05 bits per heavy atom. The Bertz CT molecular complexity index is 849. The molecule has 0 fully saturated rings. The summed E-state index contributed by atoms with van der Waals surface area (Å²) in [7, 11) is 0. The molecule has 1 aliphatic rings. The predicted molar refractivity (Wildman–Crippen MR) is 90.8 cm³/mol. The lowest BCUT2D eigenvalue weighted by Gasteiger charge is -2.23. The fourth-order valence-electron chi connectivity index (χ4n) is 2.53. The van der Waals surface area contributed by atoms with Gasteiger partial charge in [-0.15, -0.1) is 11.3 Å². The minimum atomic E-state index is 0.0184. The highest BCUT2D eigenvalue weighted by atomic mass is 79.9. The van der Waals surface area contributed by atoms with Crippen LogP contribution < -0.4 is 5.32 Å². The molecule has 5 nitrogen and oxygen atoms in total. The number of hydrogen-bond acceptors (Lipinski definition) is 5. The van der Waals surface area contributed by atoms with Gasteiger partial charge in [-0.05, 0) is 58.1 Å². The summed E-state index contributed by atoms with van der Waals surface area (Å²) in [5.74, 6) is 0.665. The molecule has 3 heterocycles. The number of thiophene rings is 1. The van der Waals surface area contributed by atoms with Crippen LogP contribution in [0.25, 0.3) is 5.70 Å². The maximum atomic E-state index is 4.13. The Morgan fingerprint density at radius 1 is 1.23 bits per heavy atom. The third-order valence-electron chi connectivity index (χ3n) is 3.65. The number of nitrogens with zero attached hydrogens (tertiary/aromatic N) is 4. The minimum Gasteiger partial charge on any atom is -0.323 e. The summed E-state index contributed by atoms with van der Waals surface area (Å²) in [6.45, 7) is 2.12. The number of halogens is 1. The number of allylic oxidation sites excluding steroid dienone is 1. The highest BCUT2D eigenvalue weighted by Crippen LogP contribution is 2.35. The average Bonchev–Trinajstić information content (AvgIpc) is 3.15. The second kappa shape index (κ2) is 5.33. The zero-order chi connectivity index (χ0) is 15.1. The summed E-state index contributed by atoms with van der Waals surface area (Å²) in [5.41, 5.74) is 3.38. The molecule has 1 aromatic carbocycles. The zero-order valence-electron chi connectivity index (χ0n) is 11.7. The topological polar surface area (TPSA) is 55.6 Å². The zero-order valence-corrected chi connectivity index (χ0v) is 14.1. The predicted octanol–water partition coefficient (Wildman–Crippen LogP) is 3.86. The molecule has 0 bridgehead atoms. The first-order valence-electron chi connectivity index (χ1n) is 6.79. The van der Waals surface area contributed by atoms with Crippen molar-refractivity contribution < 1.29 is 0 Å². The Labute approximate surface area is 139 Å². The number of benzene rings is 1. The lowest BCUT2D eigenvalue weighted by Crippen LogP contribution is -2.20. The SMILES string of the molecule is Cc1ccsc1C1C=C(c2ccc(Br)cc2)Nc2nnnn21.